The van der Waals surface area contributed by atoms with Gasteiger partial charge in [0.05, 0.1) is 0 Å². The number of nitriles is 1. The van der Waals surface area contributed by atoms with E-state index in [2.05, 4.69) is 0 Å². The minimum atomic E-state index is 0.741. The van der Waals surface area contributed by atoms with Crippen molar-refractivity contribution >= 4 is 17.4 Å². The van der Waals surface area contributed by atoms with E-state index in [0.717, 1.165) is 27.9 Å². The van der Waals surface area contributed by atoms with Gasteiger partial charge in [-0.25, -0.2) is 0 Å². The van der Waals surface area contributed by atoms with Crippen LogP contribution in [0.15, 0.2) is 23.1 Å². The van der Waals surface area contributed by atoms with Crippen LogP contribution in [0.3, 0.4) is 0 Å². The van der Waals surface area contributed by atoms with Crippen LogP contribution in [0, 0.1) is 17.6 Å². The highest BCUT2D eigenvalue weighted by Gasteiger charge is 1.97. The van der Waals surface area contributed by atoms with Gasteiger partial charge in [-0.15, -0.1) is 0 Å². The van der Waals surface area contributed by atoms with Gasteiger partial charge in [0.25, 0.3) is 0 Å². The van der Waals surface area contributed by atoms with E-state index in [9.17, 15) is 0 Å². The third-order valence-electron chi connectivity index (χ3n) is 1.35. The Morgan fingerprint density at radius 1 is 1.55 bits per heavy atom. The fraction of sp³-hybridized carbons (Fsp3) is 0.125. The van der Waals surface area contributed by atoms with Crippen molar-refractivity contribution in [3.8, 4) is 5.40 Å². The second-order valence-corrected chi connectivity index (χ2v) is 3.04. The zero-order chi connectivity index (χ0) is 8.27. The number of benzene rings is 1. The first-order chi connectivity index (χ1) is 5.24. The SMILES string of the molecule is Cc1cc(N)ccc1SC#N. The average molecular weight is 164 g/mol. The third kappa shape index (κ3) is 1.89. The van der Waals surface area contributed by atoms with Gasteiger partial charge in [-0.05, 0) is 42.4 Å². The Bertz CT molecular complexity index is 301. The summed E-state index contributed by atoms with van der Waals surface area (Å²) in [4.78, 5) is 0.974. The summed E-state index contributed by atoms with van der Waals surface area (Å²) in [6, 6.07) is 5.52. The molecule has 0 aliphatic rings. The first-order valence-electron chi connectivity index (χ1n) is 3.16. The Kier molecular flexibility index (Phi) is 2.40. The molecular formula is C8H8N2S. The van der Waals surface area contributed by atoms with E-state index in [4.69, 9.17) is 11.0 Å². The molecule has 0 aliphatic heterocycles. The molecule has 0 atom stereocenters. The number of nitrogen functional groups attached to an aromatic ring is 1. The van der Waals surface area contributed by atoms with Crippen LogP contribution in [0.2, 0.25) is 0 Å². The van der Waals surface area contributed by atoms with Crippen LogP contribution >= 0.6 is 11.8 Å². The second-order valence-electron chi connectivity index (χ2n) is 2.22. The molecule has 0 heterocycles. The van der Waals surface area contributed by atoms with Gasteiger partial charge in [-0.1, -0.05) is 0 Å². The van der Waals surface area contributed by atoms with Crippen molar-refractivity contribution in [3.63, 3.8) is 0 Å². The topological polar surface area (TPSA) is 49.8 Å². The van der Waals surface area contributed by atoms with Crippen molar-refractivity contribution in [1.82, 2.24) is 0 Å². The number of thiocyanates is 1. The highest BCUT2D eigenvalue weighted by atomic mass is 32.2. The van der Waals surface area contributed by atoms with Crippen molar-refractivity contribution in [3.05, 3.63) is 23.8 Å². The van der Waals surface area contributed by atoms with Gasteiger partial charge < -0.3 is 5.73 Å². The number of thioether (sulfide) groups is 1. The summed E-state index contributed by atoms with van der Waals surface area (Å²) in [5.41, 5.74) is 7.32. The first-order valence-corrected chi connectivity index (χ1v) is 3.98. The molecule has 0 aromatic heterocycles. The Hall–Kier alpha value is -1.14. The minimum absolute atomic E-state index is 0.741. The van der Waals surface area contributed by atoms with Crippen LogP contribution in [0.1, 0.15) is 5.56 Å². The van der Waals surface area contributed by atoms with Gasteiger partial charge in [0, 0.05) is 10.6 Å². The summed E-state index contributed by atoms with van der Waals surface area (Å²) in [6.45, 7) is 1.94. The minimum Gasteiger partial charge on any atom is -0.399 e. The van der Waals surface area contributed by atoms with Gasteiger partial charge in [-0.2, -0.15) is 5.26 Å². The lowest BCUT2D eigenvalue weighted by atomic mass is 10.2. The number of rotatable bonds is 1. The van der Waals surface area contributed by atoms with E-state index < -0.39 is 0 Å². The number of nitrogens with zero attached hydrogens (tertiary/aromatic N) is 1. The standard InChI is InChI=1S/C8H8N2S/c1-6-4-7(10)2-3-8(6)11-5-9/h2-4H,10H2,1H3. The lowest BCUT2D eigenvalue weighted by Crippen LogP contribution is -1.85. The highest BCUT2D eigenvalue weighted by molar-refractivity contribution is 8.03. The molecule has 2 nitrogen and oxygen atoms in total. The van der Waals surface area contributed by atoms with E-state index in [1.807, 2.05) is 24.5 Å². The number of nitrogens with two attached hydrogens (primary N) is 1. The van der Waals surface area contributed by atoms with Gasteiger partial charge in [0.15, 0.2) is 0 Å². The second kappa shape index (κ2) is 3.31. The first kappa shape index (κ1) is 7.96. The molecule has 0 saturated carbocycles. The van der Waals surface area contributed by atoms with Crippen molar-refractivity contribution in [2.45, 2.75) is 11.8 Å². The Balaban J connectivity index is 3.01. The summed E-state index contributed by atoms with van der Waals surface area (Å²) in [7, 11) is 0. The maximum atomic E-state index is 8.40. The van der Waals surface area contributed by atoms with Gasteiger partial charge in [-0.3, -0.25) is 0 Å². The lowest BCUT2D eigenvalue weighted by molar-refractivity contribution is 1.31. The molecule has 3 heteroatoms. The molecule has 0 aliphatic carbocycles. The van der Waals surface area contributed by atoms with Crippen LogP contribution in [-0.2, 0) is 0 Å². The van der Waals surface area contributed by atoms with E-state index in [1.165, 1.54) is 0 Å². The molecule has 1 aromatic carbocycles. The summed E-state index contributed by atoms with van der Waals surface area (Å²) in [5, 5.41) is 10.4. The Morgan fingerprint density at radius 3 is 2.82 bits per heavy atom. The summed E-state index contributed by atoms with van der Waals surface area (Å²) < 4.78 is 0. The van der Waals surface area contributed by atoms with Crippen molar-refractivity contribution in [1.29, 1.82) is 5.26 Å². The molecule has 11 heavy (non-hydrogen) atoms. The quantitative estimate of drug-likeness (QED) is 0.393. The predicted octanol–water partition coefficient (Wildman–Crippen LogP) is 2.15. The Labute approximate surface area is 70.0 Å². The smallest absolute Gasteiger partial charge is 0.138 e. The molecule has 1 aromatic rings. The van der Waals surface area contributed by atoms with Crippen molar-refractivity contribution < 1.29 is 0 Å². The van der Waals surface area contributed by atoms with Crippen LogP contribution in [0.4, 0.5) is 5.69 Å². The van der Waals surface area contributed by atoms with Crippen molar-refractivity contribution in [2.24, 2.45) is 0 Å². The summed E-state index contributed by atoms with van der Waals surface area (Å²) in [6.07, 6.45) is 0. The number of hydrogen-bond donors (Lipinski definition) is 1. The van der Waals surface area contributed by atoms with Crippen LogP contribution in [0.5, 0.6) is 0 Å². The number of aryl methyl sites for hydroxylation is 1. The van der Waals surface area contributed by atoms with E-state index >= 15 is 0 Å². The number of anilines is 1. The molecule has 1 rings (SSSR count). The van der Waals surface area contributed by atoms with Crippen LogP contribution in [0.25, 0.3) is 0 Å². The number of hydrogen-bond acceptors (Lipinski definition) is 3. The van der Waals surface area contributed by atoms with Crippen molar-refractivity contribution in [2.75, 3.05) is 5.73 Å². The largest absolute Gasteiger partial charge is 0.399 e. The maximum absolute atomic E-state index is 8.40. The Morgan fingerprint density at radius 2 is 2.27 bits per heavy atom. The normalized spacial score (nSPS) is 9.09. The predicted molar refractivity (Wildman–Crippen MR) is 47.1 cm³/mol. The fourth-order valence-electron chi connectivity index (χ4n) is 0.836. The maximum Gasteiger partial charge on any atom is 0.138 e. The van der Waals surface area contributed by atoms with Crippen LogP contribution < -0.4 is 5.73 Å². The molecule has 0 bridgehead atoms. The fourth-order valence-corrected chi connectivity index (χ4v) is 1.29. The molecule has 2 N–H and O–H groups in total. The van der Waals surface area contributed by atoms with E-state index in [1.54, 1.807) is 6.07 Å². The zero-order valence-electron chi connectivity index (χ0n) is 6.16. The molecule has 0 saturated heterocycles. The molecule has 0 fully saturated rings. The van der Waals surface area contributed by atoms with Gasteiger partial charge in [0.2, 0.25) is 0 Å². The molecule has 0 unspecified atom stereocenters. The summed E-state index contributed by atoms with van der Waals surface area (Å²) >= 11 is 1.16. The van der Waals surface area contributed by atoms with Crippen LogP contribution in [-0.4, -0.2) is 0 Å². The monoisotopic (exact) mass is 164 g/mol. The van der Waals surface area contributed by atoms with E-state index in [0.29, 0.717) is 0 Å². The third-order valence-corrected chi connectivity index (χ3v) is 2.12. The zero-order valence-corrected chi connectivity index (χ0v) is 6.98. The van der Waals surface area contributed by atoms with Gasteiger partial charge >= 0.3 is 0 Å². The molecule has 0 spiro atoms. The lowest BCUT2D eigenvalue weighted by Gasteiger charge is -1.99. The highest BCUT2D eigenvalue weighted by Crippen LogP contribution is 2.22. The molecular weight excluding hydrogens is 156 g/mol. The molecule has 0 amide bonds. The summed E-state index contributed by atoms with van der Waals surface area (Å²) in [5.74, 6) is 0. The van der Waals surface area contributed by atoms with E-state index in [-0.39, 0.29) is 0 Å². The molecule has 56 valence electrons. The molecule has 0 radical (unpaired) electrons. The average Bonchev–Trinajstić information content (AvgIpc) is 1.95. The van der Waals surface area contributed by atoms with Gasteiger partial charge in [0.1, 0.15) is 5.40 Å².